The van der Waals surface area contributed by atoms with Crippen LogP contribution in [-0.2, 0) is 16.2 Å². The highest BCUT2D eigenvalue weighted by atomic mass is 15.0. The Balaban J connectivity index is 0.581. The molecule has 3 nitrogen and oxygen atoms in total. The summed E-state index contributed by atoms with van der Waals surface area (Å²) >= 11 is 0. The molecule has 22 aromatic rings. The number of rotatable bonds is 12. The topological polar surface area (TPSA) is 38.7 Å². The van der Waals surface area contributed by atoms with Crippen LogP contribution < -0.4 is 0 Å². The second-order valence-electron chi connectivity index (χ2n) is 37.1. The minimum atomic E-state index is -0.297. The maximum Gasteiger partial charge on any atom is 0.164 e. The molecule has 0 spiro atoms. The summed E-state index contributed by atoms with van der Waals surface area (Å²) in [6, 6.07) is 156. The number of hydrogen-bond donors (Lipinski definition) is 0. The van der Waals surface area contributed by atoms with Gasteiger partial charge in [0.1, 0.15) is 0 Å². The van der Waals surface area contributed by atoms with Crippen LogP contribution in [0.4, 0.5) is 0 Å². The monoisotopic (exact) mass is 1640 g/mol. The normalized spacial score (nSPS) is 13.5. The highest BCUT2D eigenvalue weighted by Crippen LogP contribution is 2.59. The molecule has 0 bridgehead atoms. The summed E-state index contributed by atoms with van der Waals surface area (Å²) in [6.45, 7) is 14.4. The largest absolute Gasteiger partial charge is 0.208 e. The van der Waals surface area contributed by atoms with Crippen LogP contribution in [0, 0.1) is 0 Å². The molecule has 129 heavy (non-hydrogen) atoms. The Morgan fingerprint density at radius 1 is 0.132 bits per heavy atom. The first-order valence-electron chi connectivity index (χ1n) is 45.2. The van der Waals surface area contributed by atoms with Gasteiger partial charge in [-0.3, -0.25) is 0 Å². The molecule has 1 heterocycles. The first-order valence-corrected chi connectivity index (χ1v) is 45.2. The van der Waals surface area contributed by atoms with Gasteiger partial charge in [0.05, 0.1) is 0 Å². The van der Waals surface area contributed by atoms with Crippen molar-refractivity contribution in [2.75, 3.05) is 0 Å². The summed E-state index contributed by atoms with van der Waals surface area (Å²) < 4.78 is 0. The fraction of sp³-hybridized carbons (Fsp3) is 0.0714. The number of hydrogen-bond acceptors (Lipinski definition) is 3. The van der Waals surface area contributed by atoms with Crippen LogP contribution in [0.3, 0.4) is 0 Å². The predicted molar refractivity (Wildman–Crippen MR) is 543 cm³/mol. The molecule has 0 atom stereocenters. The van der Waals surface area contributed by atoms with Crippen molar-refractivity contribution in [2.45, 2.75) is 57.8 Å². The van der Waals surface area contributed by atoms with E-state index >= 15 is 0 Å². The van der Waals surface area contributed by atoms with Gasteiger partial charge in [0.25, 0.3) is 0 Å². The van der Waals surface area contributed by atoms with Crippen LogP contribution >= 0.6 is 0 Å². The van der Waals surface area contributed by atoms with Crippen molar-refractivity contribution in [3.63, 3.8) is 0 Å². The lowest BCUT2D eigenvalue weighted by Gasteiger charge is -2.24. The highest BCUT2D eigenvalue weighted by molar-refractivity contribution is 6.26. The smallest absolute Gasteiger partial charge is 0.164 e. The Bertz CT molecular complexity index is 7610. The highest BCUT2D eigenvalue weighted by Gasteiger charge is 2.41. The van der Waals surface area contributed by atoms with Gasteiger partial charge in [-0.25, -0.2) is 15.0 Å². The van der Waals surface area contributed by atoms with Crippen LogP contribution in [-0.4, -0.2) is 15.0 Å². The maximum absolute atomic E-state index is 5.44. The van der Waals surface area contributed by atoms with E-state index in [1.165, 1.54) is 198 Å². The average Bonchev–Trinajstić information content (AvgIpc) is 1.65. The molecule has 0 radical (unpaired) electrons. The number of fused-ring (bicyclic) bond motifs is 15. The number of benzene rings is 21. The molecule has 21 aromatic carbocycles. The molecular weight excluding hydrogens is 1560 g/mol. The van der Waals surface area contributed by atoms with Gasteiger partial charge < -0.3 is 0 Å². The average molecular weight is 1640 g/mol. The fourth-order valence-corrected chi connectivity index (χ4v) is 22.4. The molecule has 0 saturated carbocycles. The molecule has 3 heteroatoms. The van der Waals surface area contributed by atoms with E-state index in [9.17, 15) is 0 Å². The molecule has 1 aromatic heterocycles. The van der Waals surface area contributed by atoms with Crippen molar-refractivity contribution < 1.29 is 0 Å². The van der Waals surface area contributed by atoms with Gasteiger partial charge in [-0.2, -0.15) is 0 Å². The molecule has 0 aliphatic heterocycles. The van der Waals surface area contributed by atoms with Gasteiger partial charge in [0, 0.05) is 32.9 Å². The summed E-state index contributed by atoms with van der Waals surface area (Å²) in [5.74, 6) is 1.81. The summed E-state index contributed by atoms with van der Waals surface area (Å²) in [7, 11) is 0. The van der Waals surface area contributed by atoms with E-state index in [1.54, 1.807) is 0 Å². The Morgan fingerprint density at radius 2 is 0.302 bits per heavy atom. The summed E-state index contributed by atoms with van der Waals surface area (Å²) in [5.41, 5.74) is 39.2. The zero-order valence-electron chi connectivity index (χ0n) is 72.7. The van der Waals surface area contributed by atoms with E-state index in [4.69, 9.17) is 15.0 Å². The molecule has 0 fully saturated rings. The molecule has 0 amide bonds. The second kappa shape index (κ2) is 29.1. The van der Waals surface area contributed by atoms with Gasteiger partial charge >= 0.3 is 0 Å². The van der Waals surface area contributed by atoms with Crippen LogP contribution in [0.25, 0.3) is 232 Å². The summed E-state index contributed by atoms with van der Waals surface area (Å²) in [6.07, 6.45) is 0. The minimum Gasteiger partial charge on any atom is -0.208 e. The Labute approximate surface area is 751 Å². The van der Waals surface area contributed by atoms with Crippen LogP contribution in [0.15, 0.2) is 419 Å². The zero-order valence-corrected chi connectivity index (χ0v) is 72.7. The first-order chi connectivity index (χ1) is 63.2. The molecule has 0 N–H and O–H groups in total. The van der Waals surface area contributed by atoms with E-state index in [-0.39, 0.29) is 16.2 Å². The number of nitrogens with zero attached hydrogens (tertiary/aromatic N) is 3. The van der Waals surface area contributed by atoms with Crippen molar-refractivity contribution in [2.24, 2.45) is 0 Å². The van der Waals surface area contributed by atoms with Gasteiger partial charge in [-0.1, -0.05) is 406 Å². The third kappa shape index (κ3) is 11.9. The second-order valence-corrected chi connectivity index (χ2v) is 37.1. The van der Waals surface area contributed by atoms with Gasteiger partial charge in [0.15, 0.2) is 17.5 Å². The zero-order chi connectivity index (χ0) is 86.1. The molecule has 0 saturated heterocycles. The Morgan fingerprint density at radius 3 is 0.512 bits per heavy atom. The molecule has 3 aliphatic carbocycles. The van der Waals surface area contributed by atoms with Crippen molar-refractivity contribution >= 4 is 64.6 Å². The standard InChI is InChI=1S/C126H87N3/c1-124(2)109-67-88(61-64-91(109)100-70-103-106(73-112(100)124)118(82-37-19-10-20-38-82)97-46-28-25-43-94(97)115(103)79-31-13-7-14-32-79)76-49-55-85(56-50-76)121-127-122(86-57-51-77(52-58-86)89-62-65-92-101-71-104-107(74-113(101)125(3,4)110(92)68-89)119(83-39-21-11-22-40-83)98-47-29-26-44-95(98)116(104)80-33-15-8-16-34-80)129-123(128-121)87-59-53-78(54-60-87)90-63-66-93-102-72-105-108(75-114(102)126(5,6)111(93)69-90)120(84-41-23-12-24-42-84)99-48-30-27-45-96(99)117(105)81-35-17-9-18-36-81/h7-75H,1-6H3. The molecule has 25 rings (SSSR count). The minimum absolute atomic E-state index is 0.297. The van der Waals surface area contributed by atoms with Gasteiger partial charge in [-0.05, 0) is 286 Å². The van der Waals surface area contributed by atoms with E-state index in [2.05, 4.69) is 460 Å². The van der Waals surface area contributed by atoms with E-state index in [0.717, 1.165) is 50.1 Å². The lowest BCUT2D eigenvalue weighted by atomic mass is 9.79. The van der Waals surface area contributed by atoms with Crippen molar-refractivity contribution in [3.05, 3.63) is 452 Å². The fourth-order valence-electron chi connectivity index (χ4n) is 22.4. The van der Waals surface area contributed by atoms with E-state index in [1.807, 2.05) is 0 Å². The maximum atomic E-state index is 5.44. The van der Waals surface area contributed by atoms with Gasteiger partial charge in [0.2, 0.25) is 0 Å². The third-order valence-electron chi connectivity index (χ3n) is 28.9. The van der Waals surface area contributed by atoms with E-state index < -0.39 is 0 Å². The van der Waals surface area contributed by atoms with E-state index in [0.29, 0.717) is 17.5 Å². The lowest BCUT2D eigenvalue weighted by Crippen LogP contribution is -2.15. The first kappa shape index (κ1) is 75.7. The summed E-state index contributed by atoms with van der Waals surface area (Å²) in [4.78, 5) is 16.3. The molecule has 606 valence electrons. The van der Waals surface area contributed by atoms with Crippen LogP contribution in [0.1, 0.15) is 74.9 Å². The SMILES string of the molecule is CC1(C)c2cc(-c3ccc(-c4nc(-c5ccc(-c6ccc7c(c6)C(C)(C)c6cc8c(-c9ccccc9)c9ccccc9c(-c9ccccc9)c8cc6-7)cc5)nc(-c5ccc(-c6ccc7c(c6)C(C)(C)c6cc8c(-c9ccccc9)c9ccccc9c(-c9ccccc9)c8cc6-7)cc5)n4)cc3)ccc2-c2cc3c(-c4ccccc4)c4ccccc4c(-c4ccccc4)c3cc21. The molecule has 0 unspecified atom stereocenters. The van der Waals surface area contributed by atoms with Crippen molar-refractivity contribution in [1.29, 1.82) is 0 Å². The third-order valence-corrected chi connectivity index (χ3v) is 28.9. The Hall–Kier alpha value is -15.8. The molecule has 3 aliphatic rings. The van der Waals surface area contributed by atoms with Crippen molar-refractivity contribution in [1.82, 2.24) is 15.0 Å². The van der Waals surface area contributed by atoms with Crippen LogP contribution in [0.2, 0.25) is 0 Å². The predicted octanol–water partition coefficient (Wildman–Crippen LogP) is 33.7. The van der Waals surface area contributed by atoms with Gasteiger partial charge in [-0.15, -0.1) is 0 Å². The summed E-state index contributed by atoms with van der Waals surface area (Å²) in [5, 5.41) is 15.1. The Kier molecular flexibility index (Phi) is 17.1. The quantitative estimate of drug-likeness (QED) is 0.114. The number of aromatic nitrogens is 3. The molecular formula is C126H87N3. The van der Waals surface area contributed by atoms with Crippen molar-refractivity contribution in [3.8, 4) is 168 Å². The van der Waals surface area contributed by atoms with Crippen LogP contribution in [0.5, 0.6) is 0 Å². The lowest BCUT2D eigenvalue weighted by molar-refractivity contribution is 0.661.